The first-order valence-corrected chi connectivity index (χ1v) is 12.4. The number of aryl methyl sites for hydroxylation is 1. The average molecular weight is 491 g/mol. The van der Waals surface area contributed by atoms with Crippen LogP contribution in [-0.4, -0.2) is 62.0 Å². The molecular formula is C29H26N6O2. The van der Waals surface area contributed by atoms with Crippen molar-refractivity contribution in [3.63, 3.8) is 0 Å². The number of aromatic nitrogens is 4. The van der Waals surface area contributed by atoms with Crippen LogP contribution in [0.1, 0.15) is 21.8 Å². The topological polar surface area (TPSA) is 88.3 Å². The molecule has 1 fully saturated rings. The van der Waals surface area contributed by atoms with Crippen molar-refractivity contribution in [1.29, 1.82) is 0 Å². The molecule has 8 nitrogen and oxygen atoms in total. The van der Waals surface area contributed by atoms with E-state index in [1.54, 1.807) is 6.20 Å². The first kappa shape index (κ1) is 23.0. The zero-order chi connectivity index (χ0) is 25.2. The standard InChI is InChI=1S/C29H26N6O2/c1-20-9-11-21(12-10-20)28-32-27(37-33-28)19-34-14-16-35(17-15-34)29(36)23-18-26(25-8-4-5-13-30-25)31-24-7-3-2-6-22(23)24/h2-13,18H,14-17,19H2,1H3. The highest BCUT2D eigenvalue weighted by molar-refractivity contribution is 6.07. The minimum atomic E-state index is 0.00915. The molecule has 8 heteroatoms. The number of benzene rings is 2. The maximum absolute atomic E-state index is 13.7. The Morgan fingerprint density at radius 2 is 1.68 bits per heavy atom. The lowest BCUT2D eigenvalue weighted by Gasteiger charge is -2.34. The summed E-state index contributed by atoms with van der Waals surface area (Å²) in [6, 6.07) is 23.4. The van der Waals surface area contributed by atoms with Crippen molar-refractivity contribution < 1.29 is 9.32 Å². The molecule has 184 valence electrons. The number of hydrogen-bond acceptors (Lipinski definition) is 7. The van der Waals surface area contributed by atoms with Crippen molar-refractivity contribution in [2.45, 2.75) is 13.5 Å². The number of hydrogen-bond donors (Lipinski definition) is 0. The zero-order valence-corrected chi connectivity index (χ0v) is 20.5. The van der Waals surface area contributed by atoms with Crippen LogP contribution in [0.15, 0.2) is 83.5 Å². The fourth-order valence-corrected chi connectivity index (χ4v) is 4.61. The number of rotatable bonds is 5. The highest BCUT2D eigenvalue weighted by Gasteiger charge is 2.25. The van der Waals surface area contributed by atoms with Gasteiger partial charge in [0.15, 0.2) is 0 Å². The fourth-order valence-electron chi connectivity index (χ4n) is 4.61. The fraction of sp³-hybridized carbons (Fsp3) is 0.207. The van der Waals surface area contributed by atoms with E-state index in [1.807, 2.05) is 84.6 Å². The van der Waals surface area contributed by atoms with Crippen LogP contribution in [0.4, 0.5) is 0 Å². The lowest BCUT2D eigenvalue weighted by Crippen LogP contribution is -2.48. The Morgan fingerprint density at radius 3 is 2.46 bits per heavy atom. The Labute approximate surface area is 214 Å². The van der Waals surface area contributed by atoms with Crippen LogP contribution >= 0.6 is 0 Å². The number of fused-ring (bicyclic) bond motifs is 1. The van der Waals surface area contributed by atoms with Crippen LogP contribution in [0.5, 0.6) is 0 Å². The summed E-state index contributed by atoms with van der Waals surface area (Å²) in [5, 5.41) is 4.99. The van der Waals surface area contributed by atoms with Gasteiger partial charge in [0.25, 0.3) is 5.91 Å². The SMILES string of the molecule is Cc1ccc(-c2noc(CN3CCN(C(=O)c4cc(-c5ccccn5)nc5ccccc45)CC3)n2)cc1. The first-order valence-electron chi connectivity index (χ1n) is 12.4. The Kier molecular flexibility index (Phi) is 6.16. The van der Waals surface area contributed by atoms with Crippen LogP contribution in [0.2, 0.25) is 0 Å². The largest absolute Gasteiger partial charge is 0.338 e. The number of para-hydroxylation sites is 1. The predicted molar refractivity (Wildman–Crippen MR) is 141 cm³/mol. The summed E-state index contributed by atoms with van der Waals surface area (Å²) in [6.45, 7) is 5.30. The van der Waals surface area contributed by atoms with Crippen LogP contribution < -0.4 is 0 Å². The van der Waals surface area contributed by atoms with E-state index in [9.17, 15) is 4.79 Å². The van der Waals surface area contributed by atoms with E-state index >= 15 is 0 Å². The minimum absolute atomic E-state index is 0.00915. The molecule has 1 saturated heterocycles. The number of piperazine rings is 1. The van der Waals surface area contributed by atoms with Crippen molar-refractivity contribution in [1.82, 2.24) is 29.9 Å². The zero-order valence-electron chi connectivity index (χ0n) is 20.5. The third-order valence-electron chi connectivity index (χ3n) is 6.67. The molecule has 1 aliphatic rings. The van der Waals surface area contributed by atoms with E-state index in [1.165, 1.54) is 5.56 Å². The van der Waals surface area contributed by atoms with E-state index in [4.69, 9.17) is 9.51 Å². The van der Waals surface area contributed by atoms with Gasteiger partial charge in [0.2, 0.25) is 11.7 Å². The number of carbonyl (C=O) groups is 1. The maximum Gasteiger partial charge on any atom is 0.254 e. The Balaban J connectivity index is 1.16. The third-order valence-corrected chi connectivity index (χ3v) is 6.67. The molecule has 0 N–H and O–H groups in total. The number of amides is 1. The van der Waals surface area contributed by atoms with Crippen LogP contribution in [0.25, 0.3) is 33.7 Å². The molecule has 4 heterocycles. The van der Waals surface area contributed by atoms with E-state index in [0.29, 0.717) is 42.6 Å². The van der Waals surface area contributed by atoms with Gasteiger partial charge in [0.1, 0.15) is 0 Å². The van der Waals surface area contributed by atoms with E-state index in [-0.39, 0.29) is 5.91 Å². The molecule has 1 amide bonds. The van der Waals surface area contributed by atoms with Gasteiger partial charge in [-0.3, -0.25) is 14.7 Å². The van der Waals surface area contributed by atoms with E-state index in [0.717, 1.165) is 35.2 Å². The lowest BCUT2D eigenvalue weighted by atomic mass is 10.0. The molecule has 0 unspecified atom stereocenters. The van der Waals surface area contributed by atoms with Gasteiger partial charge in [0.05, 0.1) is 29.0 Å². The molecule has 0 saturated carbocycles. The lowest BCUT2D eigenvalue weighted by molar-refractivity contribution is 0.0617. The maximum atomic E-state index is 13.7. The second-order valence-electron chi connectivity index (χ2n) is 9.23. The molecule has 3 aromatic heterocycles. The normalized spacial score (nSPS) is 14.2. The van der Waals surface area contributed by atoms with Crippen molar-refractivity contribution in [2.75, 3.05) is 26.2 Å². The smallest absolute Gasteiger partial charge is 0.254 e. The second kappa shape index (κ2) is 9.91. The van der Waals surface area contributed by atoms with Crippen LogP contribution in [0, 0.1) is 6.92 Å². The number of nitrogens with zero attached hydrogens (tertiary/aromatic N) is 6. The quantitative estimate of drug-likeness (QED) is 0.355. The molecule has 37 heavy (non-hydrogen) atoms. The average Bonchev–Trinajstić information content (AvgIpc) is 3.42. The first-order chi connectivity index (χ1) is 18.1. The molecule has 5 aromatic rings. The minimum Gasteiger partial charge on any atom is -0.338 e. The molecule has 2 aromatic carbocycles. The Hall–Kier alpha value is -4.43. The molecule has 0 spiro atoms. The second-order valence-corrected chi connectivity index (χ2v) is 9.23. The summed E-state index contributed by atoms with van der Waals surface area (Å²) in [5.74, 6) is 1.18. The Bertz CT molecular complexity index is 1540. The number of pyridine rings is 2. The molecule has 0 radical (unpaired) electrons. The summed E-state index contributed by atoms with van der Waals surface area (Å²) in [4.78, 5) is 31.6. The van der Waals surface area contributed by atoms with Gasteiger partial charge in [-0.15, -0.1) is 0 Å². The summed E-state index contributed by atoms with van der Waals surface area (Å²) >= 11 is 0. The summed E-state index contributed by atoms with van der Waals surface area (Å²) in [5.41, 5.74) is 5.00. The highest BCUT2D eigenvalue weighted by atomic mass is 16.5. The number of carbonyl (C=O) groups excluding carboxylic acids is 1. The molecule has 6 rings (SSSR count). The Morgan fingerprint density at radius 1 is 0.892 bits per heavy atom. The monoisotopic (exact) mass is 490 g/mol. The van der Waals surface area contributed by atoms with Gasteiger partial charge < -0.3 is 9.42 Å². The van der Waals surface area contributed by atoms with Gasteiger partial charge in [-0.2, -0.15) is 4.98 Å². The summed E-state index contributed by atoms with van der Waals surface area (Å²) in [7, 11) is 0. The van der Waals surface area contributed by atoms with Gasteiger partial charge >= 0.3 is 0 Å². The molecular weight excluding hydrogens is 464 g/mol. The van der Waals surface area contributed by atoms with E-state index < -0.39 is 0 Å². The summed E-state index contributed by atoms with van der Waals surface area (Å²) < 4.78 is 5.50. The van der Waals surface area contributed by atoms with Gasteiger partial charge in [-0.25, -0.2) is 4.98 Å². The van der Waals surface area contributed by atoms with Gasteiger partial charge in [0, 0.05) is 43.3 Å². The van der Waals surface area contributed by atoms with Crippen molar-refractivity contribution >= 4 is 16.8 Å². The molecule has 0 bridgehead atoms. The predicted octanol–water partition coefficient (Wildman–Crippen LogP) is 4.61. The third kappa shape index (κ3) is 4.83. The highest BCUT2D eigenvalue weighted by Crippen LogP contribution is 2.25. The van der Waals surface area contributed by atoms with Crippen molar-refractivity contribution in [3.05, 3.63) is 96.0 Å². The van der Waals surface area contributed by atoms with E-state index in [2.05, 4.69) is 20.0 Å². The van der Waals surface area contributed by atoms with Crippen molar-refractivity contribution in [2.24, 2.45) is 0 Å². The molecule has 1 aliphatic heterocycles. The van der Waals surface area contributed by atoms with Crippen LogP contribution in [-0.2, 0) is 6.54 Å². The molecule has 0 atom stereocenters. The molecule has 0 aliphatic carbocycles. The van der Waals surface area contributed by atoms with Gasteiger partial charge in [-0.1, -0.05) is 59.3 Å². The van der Waals surface area contributed by atoms with Gasteiger partial charge in [-0.05, 0) is 31.2 Å². The summed E-state index contributed by atoms with van der Waals surface area (Å²) in [6.07, 6.45) is 1.74. The van der Waals surface area contributed by atoms with Crippen molar-refractivity contribution in [3.8, 4) is 22.8 Å². The van der Waals surface area contributed by atoms with Crippen LogP contribution in [0.3, 0.4) is 0 Å².